The summed E-state index contributed by atoms with van der Waals surface area (Å²) in [6, 6.07) is 3.43. The highest BCUT2D eigenvalue weighted by Crippen LogP contribution is 2.20. The van der Waals surface area contributed by atoms with Crippen molar-refractivity contribution in [2.24, 2.45) is 0 Å². The molecule has 0 spiro atoms. The normalized spacial score (nSPS) is 11.0. The lowest BCUT2D eigenvalue weighted by atomic mass is 10.2. The largest absolute Gasteiger partial charge is 0.478 e. The van der Waals surface area contributed by atoms with E-state index in [0.29, 0.717) is 0 Å². The molecule has 0 saturated heterocycles. The molecule has 0 radical (unpaired) electrons. The van der Waals surface area contributed by atoms with E-state index in [1.54, 1.807) is 0 Å². The molecule has 10 heteroatoms. The summed E-state index contributed by atoms with van der Waals surface area (Å²) in [4.78, 5) is 14.3. The van der Waals surface area contributed by atoms with E-state index in [1.807, 2.05) is 4.72 Å². The summed E-state index contributed by atoms with van der Waals surface area (Å²) < 4.78 is 26.3. The number of aromatic nitrogens is 3. The molecular weight excluding hydrogens is 286 g/mol. The molecule has 0 aliphatic rings. The fourth-order valence-electron chi connectivity index (χ4n) is 1.42. The van der Waals surface area contributed by atoms with Crippen molar-refractivity contribution in [2.75, 3.05) is 10.5 Å². The summed E-state index contributed by atoms with van der Waals surface area (Å²) in [5.41, 5.74) is 5.14. The summed E-state index contributed by atoms with van der Waals surface area (Å²) in [7, 11) is -4.16. The zero-order valence-electron chi connectivity index (χ0n) is 9.89. The first-order chi connectivity index (χ1) is 9.40. The number of carbonyl (C=O) groups is 1. The quantitative estimate of drug-likeness (QED) is 0.665. The molecule has 1 aromatic carbocycles. The number of benzene rings is 1. The molecule has 0 aliphatic carbocycles. The van der Waals surface area contributed by atoms with Crippen molar-refractivity contribution < 1.29 is 18.3 Å². The molecule has 0 saturated carbocycles. The van der Waals surface area contributed by atoms with Crippen molar-refractivity contribution in [1.29, 1.82) is 0 Å². The first kappa shape index (κ1) is 13.7. The molecule has 104 valence electrons. The highest BCUT2D eigenvalue weighted by atomic mass is 32.2. The zero-order valence-corrected chi connectivity index (χ0v) is 10.7. The van der Waals surface area contributed by atoms with Gasteiger partial charge in [-0.15, -0.1) is 5.10 Å². The first-order valence-electron chi connectivity index (χ1n) is 5.19. The van der Waals surface area contributed by atoms with Gasteiger partial charge in [0.1, 0.15) is 4.90 Å². The molecular formula is C10H9N5O4S. The van der Waals surface area contributed by atoms with E-state index in [9.17, 15) is 13.2 Å². The lowest BCUT2D eigenvalue weighted by Gasteiger charge is -2.09. The molecule has 1 aromatic heterocycles. The molecule has 0 unspecified atom stereocenters. The molecule has 0 amide bonds. The fourth-order valence-corrected chi connectivity index (χ4v) is 2.55. The second-order valence-corrected chi connectivity index (χ2v) is 5.28. The van der Waals surface area contributed by atoms with Crippen molar-refractivity contribution in [2.45, 2.75) is 4.90 Å². The van der Waals surface area contributed by atoms with Gasteiger partial charge in [-0.25, -0.2) is 22.9 Å². The molecule has 0 atom stereocenters. The number of nitrogens with zero attached hydrogens (tertiary/aromatic N) is 3. The van der Waals surface area contributed by atoms with E-state index in [1.165, 1.54) is 18.5 Å². The molecule has 20 heavy (non-hydrogen) atoms. The molecule has 0 fully saturated rings. The van der Waals surface area contributed by atoms with Crippen LogP contribution in [0.4, 0.5) is 11.6 Å². The SMILES string of the molecule is Nc1ccc(S(=O)(=O)Nc2nccnn2)c(C(=O)O)c1. The highest BCUT2D eigenvalue weighted by Gasteiger charge is 2.23. The number of nitrogens with one attached hydrogen (secondary N) is 1. The fraction of sp³-hybridized carbons (Fsp3) is 0. The van der Waals surface area contributed by atoms with Gasteiger partial charge in [0, 0.05) is 5.69 Å². The number of aromatic carboxylic acids is 1. The van der Waals surface area contributed by atoms with Gasteiger partial charge >= 0.3 is 5.97 Å². The third-order valence-corrected chi connectivity index (χ3v) is 3.62. The van der Waals surface area contributed by atoms with Gasteiger partial charge < -0.3 is 10.8 Å². The lowest BCUT2D eigenvalue weighted by Crippen LogP contribution is -2.18. The van der Waals surface area contributed by atoms with Crippen LogP contribution in [-0.4, -0.2) is 34.7 Å². The van der Waals surface area contributed by atoms with Gasteiger partial charge in [0.05, 0.1) is 18.0 Å². The van der Waals surface area contributed by atoms with E-state index >= 15 is 0 Å². The Kier molecular flexibility index (Phi) is 3.48. The second-order valence-electron chi connectivity index (χ2n) is 3.63. The number of carboxylic acid groups (broad SMARTS) is 1. The second kappa shape index (κ2) is 5.09. The number of nitrogens with two attached hydrogens (primary N) is 1. The van der Waals surface area contributed by atoms with Crippen LogP contribution in [0.15, 0.2) is 35.5 Å². The predicted octanol–water partition coefficient (Wildman–Crippen LogP) is -0.0472. The summed E-state index contributed by atoms with van der Waals surface area (Å²) in [6.45, 7) is 0. The average Bonchev–Trinajstić information content (AvgIpc) is 2.38. The van der Waals surface area contributed by atoms with E-state index < -0.39 is 26.5 Å². The summed E-state index contributed by atoms with van der Waals surface area (Å²) in [6.07, 6.45) is 2.51. The monoisotopic (exact) mass is 295 g/mol. The Labute approximate surface area is 113 Å². The van der Waals surface area contributed by atoms with Gasteiger partial charge in [-0.3, -0.25) is 0 Å². The number of nitrogen functional groups attached to an aromatic ring is 1. The van der Waals surface area contributed by atoms with Crippen molar-refractivity contribution in [3.8, 4) is 0 Å². The number of rotatable bonds is 4. The Hall–Kier alpha value is -2.75. The van der Waals surface area contributed by atoms with Crippen LogP contribution >= 0.6 is 0 Å². The van der Waals surface area contributed by atoms with Crippen LogP contribution < -0.4 is 10.5 Å². The Morgan fingerprint density at radius 2 is 2.05 bits per heavy atom. The lowest BCUT2D eigenvalue weighted by molar-refractivity contribution is 0.0692. The summed E-state index contributed by atoms with van der Waals surface area (Å²) in [5.74, 6) is -1.68. The predicted molar refractivity (Wildman–Crippen MR) is 68.4 cm³/mol. The molecule has 0 aliphatic heterocycles. The van der Waals surface area contributed by atoms with Gasteiger partial charge in [0.25, 0.3) is 16.0 Å². The summed E-state index contributed by atoms with van der Waals surface area (Å²) >= 11 is 0. The number of hydrogen-bond acceptors (Lipinski definition) is 7. The number of anilines is 2. The van der Waals surface area contributed by atoms with E-state index in [0.717, 1.165) is 12.1 Å². The minimum atomic E-state index is -4.16. The maximum atomic E-state index is 12.1. The molecule has 9 nitrogen and oxygen atoms in total. The molecule has 4 N–H and O–H groups in total. The third kappa shape index (κ3) is 2.80. The Morgan fingerprint density at radius 1 is 1.30 bits per heavy atom. The van der Waals surface area contributed by atoms with Gasteiger partial charge in [0.2, 0.25) is 0 Å². The van der Waals surface area contributed by atoms with Crippen molar-refractivity contribution in [3.05, 3.63) is 36.2 Å². The van der Waals surface area contributed by atoms with Gasteiger partial charge in [-0.05, 0) is 18.2 Å². The van der Waals surface area contributed by atoms with Crippen LogP contribution in [0.1, 0.15) is 10.4 Å². The first-order valence-corrected chi connectivity index (χ1v) is 6.68. The number of sulfonamides is 1. The average molecular weight is 295 g/mol. The van der Waals surface area contributed by atoms with Gasteiger partial charge in [-0.1, -0.05) is 0 Å². The van der Waals surface area contributed by atoms with Crippen LogP contribution in [0.3, 0.4) is 0 Å². The Morgan fingerprint density at radius 3 is 2.65 bits per heavy atom. The van der Waals surface area contributed by atoms with Gasteiger partial charge in [-0.2, -0.15) is 5.10 Å². The number of carboxylic acids is 1. The van der Waals surface area contributed by atoms with Crippen LogP contribution in [0.25, 0.3) is 0 Å². The number of hydrogen-bond donors (Lipinski definition) is 3. The van der Waals surface area contributed by atoms with Gasteiger partial charge in [0.15, 0.2) is 0 Å². The minimum Gasteiger partial charge on any atom is -0.478 e. The Balaban J connectivity index is 2.47. The smallest absolute Gasteiger partial charge is 0.337 e. The third-order valence-electron chi connectivity index (χ3n) is 2.23. The highest BCUT2D eigenvalue weighted by molar-refractivity contribution is 7.92. The molecule has 1 heterocycles. The van der Waals surface area contributed by atoms with Crippen LogP contribution in [0, 0.1) is 0 Å². The van der Waals surface area contributed by atoms with Crippen LogP contribution in [0.2, 0.25) is 0 Å². The van der Waals surface area contributed by atoms with Crippen LogP contribution in [-0.2, 0) is 10.0 Å². The summed E-state index contributed by atoms with van der Waals surface area (Å²) in [5, 5.41) is 15.9. The minimum absolute atomic E-state index is 0.138. The topological polar surface area (TPSA) is 148 Å². The standard InChI is InChI=1S/C10H9N5O4S/c11-6-1-2-8(7(5-6)9(16)17)20(18,19)15-10-12-3-4-13-14-10/h1-5H,11H2,(H,16,17)(H,12,14,15). The maximum absolute atomic E-state index is 12.1. The molecule has 2 aromatic rings. The van der Waals surface area contributed by atoms with Crippen LogP contribution in [0.5, 0.6) is 0 Å². The van der Waals surface area contributed by atoms with Crippen molar-refractivity contribution >= 4 is 27.6 Å². The van der Waals surface area contributed by atoms with Crippen molar-refractivity contribution in [1.82, 2.24) is 15.2 Å². The van der Waals surface area contributed by atoms with E-state index in [2.05, 4.69) is 15.2 Å². The van der Waals surface area contributed by atoms with Crippen molar-refractivity contribution in [3.63, 3.8) is 0 Å². The zero-order chi connectivity index (χ0) is 14.8. The molecule has 0 bridgehead atoms. The Bertz CT molecular complexity index is 747. The van der Waals surface area contributed by atoms with E-state index in [4.69, 9.17) is 10.8 Å². The van der Waals surface area contributed by atoms with E-state index in [-0.39, 0.29) is 11.6 Å². The molecule has 2 rings (SSSR count). The maximum Gasteiger partial charge on any atom is 0.337 e.